The number of hydrogen-bond donors (Lipinski definition) is 3. The van der Waals surface area contributed by atoms with Gasteiger partial charge in [-0.25, -0.2) is 14.5 Å². The van der Waals surface area contributed by atoms with Crippen molar-refractivity contribution in [3.63, 3.8) is 0 Å². The Hall–Kier alpha value is -4.94. The molecule has 0 radical (unpaired) electrons. The van der Waals surface area contributed by atoms with E-state index in [1.807, 2.05) is 71.7 Å². The second-order valence-electron chi connectivity index (χ2n) is 13.5. The summed E-state index contributed by atoms with van der Waals surface area (Å²) in [5.74, 6) is 1.10. The molecule has 0 saturated carbocycles. The lowest BCUT2D eigenvalue weighted by Crippen LogP contribution is -2.29. The maximum Gasteiger partial charge on any atom is 0.348 e. The summed E-state index contributed by atoms with van der Waals surface area (Å²) in [5.41, 5.74) is 5.12. The van der Waals surface area contributed by atoms with Gasteiger partial charge < -0.3 is 29.5 Å². The van der Waals surface area contributed by atoms with E-state index in [9.17, 15) is 19.8 Å². The molecule has 0 spiro atoms. The molecule has 0 unspecified atom stereocenters. The van der Waals surface area contributed by atoms with Crippen molar-refractivity contribution in [1.82, 2.24) is 24.2 Å². The van der Waals surface area contributed by atoms with Gasteiger partial charge in [-0.1, -0.05) is 13.8 Å². The molecule has 14 heteroatoms. The van der Waals surface area contributed by atoms with Gasteiger partial charge in [-0.2, -0.15) is 5.10 Å². The third-order valence-electron chi connectivity index (χ3n) is 9.27. The van der Waals surface area contributed by atoms with Crippen molar-refractivity contribution >= 4 is 57.6 Å². The highest BCUT2D eigenvalue weighted by Crippen LogP contribution is 2.37. The smallest absolute Gasteiger partial charge is 0.348 e. The number of nitrogens with zero attached hydrogens (tertiary/aromatic N) is 7. The number of carbonyl (C=O) groups excluding carboxylic acids is 1. The minimum atomic E-state index is -0.455. The number of benzene rings is 3. The number of aromatic nitrogens is 4. The summed E-state index contributed by atoms with van der Waals surface area (Å²) in [5, 5.41) is 28.6. The van der Waals surface area contributed by atoms with Crippen molar-refractivity contribution in [3.8, 4) is 28.6 Å². The lowest BCUT2D eigenvalue weighted by molar-refractivity contribution is -0.130. The summed E-state index contributed by atoms with van der Waals surface area (Å²) in [6.45, 7) is 6.91. The second kappa shape index (κ2) is 17.7. The average molecular weight is 764 g/mol. The van der Waals surface area contributed by atoms with Crippen molar-refractivity contribution in [2.24, 2.45) is 4.99 Å². The average Bonchev–Trinajstić information content (AvgIpc) is 3.72. The van der Waals surface area contributed by atoms with Crippen LogP contribution in [0.2, 0.25) is 0 Å². The number of phenols is 2. The Labute approximate surface area is 319 Å². The van der Waals surface area contributed by atoms with E-state index in [0.717, 1.165) is 27.8 Å². The molecular formula is C39H48Cl2N8O4. The van der Waals surface area contributed by atoms with E-state index in [-0.39, 0.29) is 29.1 Å². The van der Waals surface area contributed by atoms with Crippen LogP contribution in [0.4, 0.5) is 11.4 Å². The van der Waals surface area contributed by atoms with Gasteiger partial charge in [0.25, 0.3) is 0 Å². The number of aromatic hydroxyl groups is 2. The second-order valence-corrected chi connectivity index (χ2v) is 14.2. The van der Waals surface area contributed by atoms with E-state index in [1.54, 1.807) is 11.0 Å². The number of phenolic OH excluding ortho intramolecular Hbond substituents is 2. The zero-order valence-corrected chi connectivity index (χ0v) is 32.4. The first kappa shape index (κ1) is 39.3. The van der Waals surface area contributed by atoms with Gasteiger partial charge in [0.1, 0.15) is 11.5 Å². The lowest BCUT2D eigenvalue weighted by atomic mass is 9.98. The molecule has 0 aliphatic rings. The number of anilines is 2. The molecule has 0 fully saturated rings. The highest BCUT2D eigenvalue weighted by molar-refractivity contribution is 6.18. The van der Waals surface area contributed by atoms with Crippen LogP contribution in [0.1, 0.15) is 43.7 Å². The van der Waals surface area contributed by atoms with E-state index in [2.05, 4.69) is 47.8 Å². The topological polar surface area (TPSA) is 135 Å². The molecule has 53 heavy (non-hydrogen) atoms. The molecule has 0 bridgehead atoms. The zero-order valence-electron chi connectivity index (χ0n) is 30.9. The van der Waals surface area contributed by atoms with Gasteiger partial charge in [0.15, 0.2) is 5.82 Å². The fraction of sp³-hybridized carbons (Fsp3) is 0.385. The van der Waals surface area contributed by atoms with Gasteiger partial charge in [-0.05, 0) is 66.4 Å². The predicted molar refractivity (Wildman–Crippen MR) is 216 cm³/mol. The molecule has 0 aliphatic carbocycles. The van der Waals surface area contributed by atoms with E-state index in [4.69, 9.17) is 23.2 Å². The quantitative estimate of drug-likeness (QED) is 0.0565. The zero-order chi connectivity index (χ0) is 38.2. The third-order valence-corrected chi connectivity index (χ3v) is 9.61. The summed E-state index contributed by atoms with van der Waals surface area (Å²) < 4.78 is 3.48. The lowest BCUT2D eigenvalue weighted by Gasteiger charge is -2.25. The van der Waals surface area contributed by atoms with Crippen molar-refractivity contribution in [1.29, 1.82) is 0 Å². The highest BCUT2D eigenvalue weighted by Gasteiger charge is 2.20. The number of nitrogens with one attached hydrogen (secondary N) is 1. The van der Waals surface area contributed by atoms with E-state index < -0.39 is 5.69 Å². The molecule has 3 aromatic carbocycles. The number of carbonyl (C=O) groups is 1. The molecule has 0 saturated heterocycles. The van der Waals surface area contributed by atoms with Crippen LogP contribution < -0.4 is 15.5 Å². The first-order valence-electron chi connectivity index (χ1n) is 17.7. The molecule has 12 nitrogen and oxygen atoms in total. The highest BCUT2D eigenvalue weighted by atomic mass is 35.5. The molecule has 0 aliphatic heterocycles. The first-order valence-corrected chi connectivity index (χ1v) is 18.7. The van der Waals surface area contributed by atoms with Crippen LogP contribution >= 0.6 is 23.2 Å². The fourth-order valence-corrected chi connectivity index (χ4v) is 6.76. The van der Waals surface area contributed by atoms with Crippen LogP contribution in [0.15, 0.2) is 70.6 Å². The summed E-state index contributed by atoms with van der Waals surface area (Å²) in [6, 6.07) is 16.8. The van der Waals surface area contributed by atoms with Crippen molar-refractivity contribution in [3.05, 3.63) is 82.4 Å². The van der Waals surface area contributed by atoms with Crippen molar-refractivity contribution < 1.29 is 15.0 Å². The van der Waals surface area contributed by atoms with Crippen molar-refractivity contribution in [2.75, 3.05) is 68.9 Å². The van der Waals surface area contributed by atoms with Crippen LogP contribution in [0, 0.1) is 0 Å². The molecule has 2 heterocycles. The summed E-state index contributed by atoms with van der Waals surface area (Å²) in [7, 11) is 5.81. The monoisotopic (exact) mass is 762 g/mol. The number of hydrogen-bond acceptors (Lipinski definition) is 8. The fourth-order valence-electron chi connectivity index (χ4n) is 6.36. The predicted octanol–water partition coefficient (Wildman–Crippen LogP) is 6.42. The summed E-state index contributed by atoms with van der Waals surface area (Å²) in [6.07, 6.45) is 4.86. The van der Waals surface area contributed by atoms with Crippen molar-refractivity contribution in [2.45, 2.75) is 39.2 Å². The Morgan fingerprint density at radius 1 is 0.981 bits per heavy atom. The van der Waals surface area contributed by atoms with E-state index in [0.29, 0.717) is 74.1 Å². The number of H-pyrrole nitrogens is 1. The first-order chi connectivity index (χ1) is 25.4. The maximum absolute atomic E-state index is 13.0. The third kappa shape index (κ3) is 9.17. The van der Waals surface area contributed by atoms with Gasteiger partial charge in [0, 0.05) is 118 Å². The number of alkyl halides is 2. The number of aliphatic imine (C=N–C) groups is 1. The molecule has 5 aromatic rings. The number of halogens is 2. The SMILES string of the molecule is CC(C)c1cc(-c2n[nH]c(=O)n2-c2ccc3c(ccn3CCN(C)C(=O)CCCN=Cc3cc(N(CCCl)CCCl)ccc3N(C)C)c2)c(O)cc1O. The maximum atomic E-state index is 13.0. The Balaban J connectivity index is 1.20. The standard InChI is InChI=1S/C39H48Cl2N8O4/c1-26(2)31-23-32(36(51)24-35(31)50)38-43-44-39(53)49(38)30-9-11-34-27(21-30)12-16-48(34)20-19-46(5)37(52)7-6-15-42-25-28-22-29(8-10-33(28)45(3)4)47(17-13-40)18-14-41/h8-12,16,21-26,50-51H,6-7,13-15,17-20H2,1-5H3,(H,44,53). The van der Waals surface area contributed by atoms with Crippen LogP contribution in [0.25, 0.3) is 28.0 Å². The minimum Gasteiger partial charge on any atom is -0.508 e. The molecule has 2 aromatic heterocycles. The minimum absolute atomic E-state index is 0.00928. The summed E-state index contributed by atoms with van der Waals surface area (Å²) >= 11 is 12.1. The normalized spacial score (nSPS) is 11.6. The molecule has 282 valence electrons. The van der Waals surface area contributed by atoms with Gasteiger partial charge in [0.05, 0.1) is 11.3 Å². The number of rotatable bonds is 17. The number of aromatic amines is 1. The molecule has 1 amide bonds. The largest absolute Gasteiger partial charge is 0.508 e. The molecular weight excluding hydrogens is 715 g/mol. The van der Waals surface area contributed by atoms with Gasteiger partial charge in [0.2, 0.25) is 5.91 Å². The Morgan fingerprint density at radius 2 is 1.74 bits per heavy atom. The molecule has 0 atom stereocenters. The summed E-state index contributed by atoms with van der Waals surface area (Å²) in [4.78, 5) is 36.5. The number of amides is 1. The number of likely N-dealkylation sites (N-methyl/N-ethyl adjacent to an activating group) is 1. The Kier molecular flexibility index (Phi) is 13.1. The number of fused-ring (bicyclic) bond motifs is 1. The van der Waals surface area contributed by atoms with Crippen LogP contribution in [0.5, 0.6) is 11.5 Å². The van der Waals surface area contributed by atoms with Gasteiger partial charge in [-0.15, -0.1) is 23.2 Å². The van der Waals surface area contributed by atoms with Crippen LogP contribution in [0.3, 0.4) is 0 Å². The van der Waals surface area contributed by atoms with E-state index >= 15 is 0 Å². The Morgan fingerprint density at radius 3 is 2.43 bits per heavy atom. The van der Waals surface area contributed by atoms with Crippen LogP contribution in [-0.2, 0) is 11.3 Å². The van der Waals surface area contributed by atoms with Gasteiger partial charge in [-0.3, -0.25) is 9.79 Å². The molecule has 3 N–H and O–H groups in total. The van der Waals surface area contributed by atoms with Gasteiger partial charge >= 0.3 is 5.69 Å². The van der Waals surface area contributed by atoms with E-state index in [1.165, 1.54) is 10.6 Å². The Bertz CT molecular complexity index is 2110. The van der Waals surface area contributed by atoms with Crippen LogP contribution in [-0.4, -0.2) is 106 Å². The molecule has 5 rings (SSSR count).